The number of aliphatic imine (C=N–C) groups is 1. The molecule has 0 unspecified atom stereocenters. The molecule has 0 atom stereocenters. The predicted molar refractivity (Wildman–Crippen MR) is 84.1 cm³/mol. The molecular weight excluding hydrogens is 325 g/mol. The highest BCUT2D eigenvalue weighted by Gasteiger charge is 2.28. The lowest BCUT2D eigenvalue weighted by molar-refractivity contribution is 0.350. The van der Waals surface area contributed by atoms with Crippen LogP contribution in [0.4, 0.5) is 0 Å². The van der Waals surface area contributed by atoms with E-state index in [-0.39, 0.29) is 24.0 Å². The van der Waals surface area contributed by atoms with Gasteiger partial charge in [-0.3, -0.25) is 4.99 Å². The Balaban J connectivity index is 0.00000144. The number of nitrogens with one attached hydrogen (secondary N) is 2. The Labute approximate surface area is 122 Å². The van der Waals surface area contributed by atoms with Crippen molar-refractivity contribution in [2.45, 2.75) is 58.4 Å². The molecule has 2 fully saturated rings. The number of hydrogen-bond acceptors (Lipinski definition) is 1. The van der Waals surface area contributed by atoms with E-state index in [1.165, 1.54) is 38.5 Å². The summed E-state index contributed by atoms with van der Waals surface area (Å²) in [6, 6.07) is 0.689. The van der Waals surface area contributed by atoms with Gasteiger partial charge in [-0.2, -0.15) is 0 Å². The first-order chi connectivity index (χ1) is 7.72. The fourth-order valence-corrected chi connectivity index (χ4v) is 2.40. The Morgan fingerprint density at radius 2 is 1.94 bits per heavy atom. The summed E-state index contributed by atoms with van der Waals surface area (Å²) < 4.78 is 0. The van der Waals surface area contributed by atoms with Crippen LogP contribution >= 0.6 is 24.0 Å². The van der Waals surface area contributed by atoms with E-state index in [9.17, 15) is 0 Å². The standard InChI is InChI=1S/C13H25N3.HI/c1-3-14-12(16-11-6-7-11)15-10-13(2)8-4-5-9-13;/h11H,3-10H2,1-2H3,(H2,14,15,16);1H. The molecule has 0 bridgehead atoms. The van der Waals surface area contributed by atoms with Crippen molar-refractivity contribution in [3.63, 3.8) is 0 Å². The first kappa shape index (κ1) is 15.1. The Morgan fingerprint density at radius 3 is 2.47 bits per heavy atom. The zero-order valence-corrected chi connectivity index (χ0v) is 13.4. The highest BCUT2D eigenvalue weighted by molar-refractivity contribution is 14.0. The van der Waals surface area contributed by atoms with Crippen LogP contribution in [0.5, 0.6) is 0 Å². The maximum Gasteiger partial charge on any atom is 0.191 e. The van der Waals surface area contributed by atoms with Crippen molar-refractivity contribution >= 4 is 29.9 Å². The van der Waals surface area contributed by atoms with Crippen molar-refractivity contribution in [3.05, 3.63) is 0 Å². The Hall–Kier alpha value is 0. The summed E-state index contributed by atoms with van der Waals surface area (Å²) in [7, 11) is 0. The average Bonchev–Trinajstić information content (AvgIpc) is 2.97. The van der Waals surface area contributed by atoms with Crippen molar-refractivity contribution in [1.29, 1.82) is 0 Å². The van der Waals surface area contributed by atoms with Crippen molar-refractivity contribution in [2.75, 3.05) is 13.1 Å². The molecule has 2 aliphatic rings. The van der Waals surface area contributed by atoms with Gasteiger partial charge in [-0.1, -0.05) is 19.8 Å². The van der Waals surface area contributed by atoms with Crippen LogP contribution in [0.2, 0.25) is 0 Å². The second kappa shape index (κ2) is 6.81. The van der Waals surface area contributed by atoms with E-state index >= 15 is 0 Å². The zero-order chi connectivity index (χ0) is 11.4. The van der Waals surface area contributed by atoms with E-state index in [1.54, 1.807) is 0 Å². The van der Waals surface area contributed by atoms with E-state index in [2.05, 4.69) is 24.5 Å². The molecule has 2 rings (SSSR count). The van der Waals surface area contributed by atoms with Crippen LogP contribution in [0.15, 0.2) is 4.99 Å². The smallest absolute Gasteiger partial charge is 0.191 e. The third-order valence-electron chi connectivity index (χ3n) is 3.69. The molecule has 0 aliphatic heterocycles. The maximum absolute atomic E-state index is 4.74. The Bertz CT molecular complexity index is 255. The molecule has 0 aromatic heterocycles. The maximum atomic E-state index is 4.74. The summed E-state index contributed by atoms with van der Waals surface area (Å²) >= 11 is 0. The second-order valence-electron chi connectivity index (χ2n) is 5.63. The van der Waals surface area contributed by atoms with Gasteiger partial charge in [-0.05, 0) is 38.0 Å². The van der Waals surface area contributed by atoms with Gasteiger partial charge in [0.2, 0.25) is 0 Å². The van der Waals surface area contributed by atoms with Crippen LogP contribution < -0.4 is 10.6 Å². The minimum atomic E-state index is 0. The molecule has 3 nitrogen and oxygen atoms in total. The van der Waals surface area contributed by atoms with Gasteiger partial charge < -0.3 is 10.6 Å². The lowest BCUT2D eigenvalue weighted by atomic mass is 9.89. The van der Waals surface area contributed by atoms with Crippen LogP contribution in [0.3, 0.4) is 0 Å². The summed E-state index contributed by atoms with van der Waals surface area (Å²) in [6.07, 6.45) is 8.08. The molecular formula is C13H26IN3. The fraction of sp³-hybridized carbons (Fsp3) is 0.923. The highest BCUT2D eigenvalue weighted by atomic mass is 127. The van der Waals surface area contributed by atoms with Crippen molar-refractivity contribution in [1.82, 2.24) is 10.6 Å². The SMILES string of the molecule is CCNC(=NCC1(C)CCCC1)NC1CC1.I. The molecule has 0 amide bonds. The minimum Gasteiger partial charge on any atom is -0.357 e. The molecule has 4 heteroatoms. The largest absolute Gasteiger partial charge is 0.357 e. The molecule has 100 valence electrons. The predicted octanol–water partition coefficient (Wildman–Crippen LogP) is 2.90. The van der Waals surface area contributed by atoms with Gasteiger partial charge in [0.15, 0.2) is 5.96 Å². The number of rotatable bonds is 4. The summed E-state index contributed by atoms with van der Waals surface area (Å²) in [5, 5.41) is 6.81. The van der Waals surface area contributed by atoms with E-state index in [0.717, 1.165) is 19.0 Å². The quantitative estimate of drug-likeness (QED) is 0.464. The molecule has 0 saturated heterocycles. The van der Waals surface area contributed by atoms with Gasteiger partial charge in [0.25, 0.3) is 0 Å². The van der Waals surface area contributed by atoms with E-state index in [1.807, 2.05) is 0 Å². The molecule has 0 spiro atoms. The highest BCUT2D eigenvalue weighted by Crippen LogP contribution is 2.37. The minimum absolute atomic E-state index is 0. The van der Waals surface area contributed by atoms with E-state index in [0.29, 0.717) is 11.5 Å². The molecule has 17 heavy (non-hydrogen) atoms. The van der Waals surface area contributed by atoms with Gasteiger partial charge >= 0.3 is 0 Å². The molecule has 0 aromatic carbocycles. The molecule has 2 aliphatic carbocycles. The Morgan fingerprint density at radius 1 is 1.29 bits per heavy atom. The summed E-state index contributed by atoms with van der Waals surface area (Å²) in [6.45, 7) is 6.44. The van der Waals surface area contributed by atoms with Crippen LogP contribution in [0.1, 0.15) is 52.4 Å². The number of hydrogen-bond donors (Lipinski definition) is 2. The summed E-state index contributed by atoms with van der Waals surface area (Å²) in [5.41, 5.74) is 0.464. The first-order valence-corrected chi connectivity index (χ1v) is 6.77. The number of guanidine groups is 1. The third-order valence-corrected chi connectivity index (χ3v) is 3.69. The molecule has 2 N–H and O–H groups in total. The molecule has 0 aromatic rings. The van der Waals surface area contributed by atoms with Gasteiger partial charge in [0.05, 0.1) is 0 Å². The van der Waals surface area contributed by atoms with Crippen LogP contribution in [-0.2, 0) is 0 Å². The summed E-state index contributed by atoms with van der Waals surface area (Å²) in [5.74, 6) is 1.03. The second-order valence-corrected chi connectivity index (χ2v) is 5.63. The van der Waals surface area contributed by atoms with E-state index < -0.39 is 0 Å². The number of halogens is 1. The molecule has 0 heterocycles. The van der Waals surface area contributed by atoms with Gasteiger partial charge in [0, 0.05) is 19.1 Å². The van der Waals surface area contributed by atoms with E-state index in [4.69, 9.17) is 4.99 Å². The molecule has 0 radical (unpaired) electrons. The average molecular weight is 351 g/mol. The van der Waals surface area contributed by atoms with Crippen LogP contribution in [-0.4, -0.2) is 25.1 Å². The lowest BCUT2D eigenvalue weighted by Crippen LogP contribution is -2.39. The van der Waals surface area contributed by atoms with Crippen molar-refractivity contribution < 1.29 is 0 Å². The normalized spacial score (nSPS) is 23.1. The van der Waals surface area contributed by atoms with Crippen molar-refractivity contribution in [2.24, 2.45) is 10.4 Å². The van der Waals surface area contributed by atoms with Gasteiger partial charge in [-0.25, -0.2) is 0 Å². The number of nitrogens with zero attached hydrogens (tertiary/aromatic N) is 1. The van der Waals surface area contributed by atoms with Gasteiger partial charge in [0.1, 0.15) is 0 Å². The monoisotopic (exact) mass is 351 g/mol. The summed E-state index contributed by atoms with van der Waals surface area (Å²) in [4.78, 5) is 4.74. The van der Waals surface area contributed by atoms with Gasteiger partial charge in [-0.15, -0.1) is 24.0 Å². The third kappa shape index (κ3) is 5.02. The zero-order valence-electron chi connectivity index (χ0n) is 11.1. The van der Waals surface area contributed by atoms with Crippen molar-refractivity contribution in [3.8, 4) is 0 Å². The molecule has 2 saturated carbocycles. The first-order valence-electron chi connectivity index (χ1n) is 6.77. The lowest BCUT2D eigenvalue weighted by Gasteiger charge is -2.21. The Kier molecular flexibility index (Phi) is 6.03. The topological polar surface area (TPSA) is 36.4 Å². The van der Waals surface area contributed by atoms with Crippen LogP contribution in [0, 0.1) is 5.41 Å². The van der Waals surface area contributed by atoms with Crippen LogP contribution in [0.25, 0.3) is 0 Å². The fourth-order valence-electron chi connectivity index (χ4n) is 2.40.